The van der Waals surface area contributed by atoms with E-state index >= 15 is 0 Å². The first-order valence-electron chi connectivity index (χ1n) is 10.1. The summed E-state index contributed by atoms with van der Waals surface area (Å²) in [6, 6.07) is 36.7. The smallest absolute Gasteiger partial charge is 0.255 e. The molecule has 0 aromatic heterocycles. The van der Waals surface area contributed by atoms with Crippen LogP contribution in [0.4, 0.5) is 0 Å². The standard InChI is InChI=1S/C27H21ClNO2P/c28-23-18-16-21(17-19-23)26(20-29-27(30)22-10-4-1-5-11-22)31-32(24-12-6-2-7-13-24)25-14-8-3-9-15-25/h1-20H,(H,29,30). The average Bonchev–Trinajstić information content (AvgIpc) is 2.86. The minimum absolute atomic E-state index is 0.204. The van der Waals surface area contributed by atoms with E-state index < -0.39 is 8.15 Å². The molecule has 0 saturated carbocycles. The van der Waals surface area contributed by atoms with Crippen molar-refractivity contribution in [2.45, 2.75) is 0 Å². The Morgan fingerprint density at radius 3 is 1.72 bits per heavy atom. The van der Waals surface area contributed by atoms with E-state index in [2.05, 4.69) is 29.6 Å². The summed E-state index contributed by atoms with van der Waals surface area (Å²) in [6.07, 6.45) is 1.62. The minimum atomic E-state index is -1.16. The number of amides is 1. The fourth-order valence-electron chi connectivity index (χ4n) is 3.06. The molecular formula is C27H21ClNO2P. The van der Waals surface area contributed by atoms with Gasteiger partial charge in [-0.25, -0.2) is 0 Å². The van der Waals surface area contributed by atoms with Crippen molar-refractivity contribution in [2.24, 2.45) is 0 Å². The second-order valence-electron chi connectivity index (χ2n) is 6.91. The van der Waals surface area contributed by atoms with Gasteiger partial charge in [0.1, 0.15) is 5.76 Å². The number of nitrogens with one attached hydrogen (secondary N) is 1. The van der Waals surface area contributed by atoms with Crippen molar-refractivity contribution in [3.05, 3.63) is 138 Å². The summed E-state index contributed by atoms with van der Waals surface area (Å²) in [5, 5.41) is 5.65. The first kappa shape index (κ1) is 21.8. The van der Waals surface area contributed by atoms with Crippen LogP contribution in [0, 0.1) is 0 Å². The number of carbonyl (C=O) groups is 1. The van der Waals surface area contributed by atoms with E-state index in [-0.39, 0.29) is 5.91 Å². The summed E-state index contributed by atoms with van der Waals surface area (Å²) in [4.78, 5) is 12.6. The maximum Gasteiger partial charge on any atom is 0.255 e. The van der Waals surface area contributed by atoms with Gasteiger partial charge in [0.15, 0.2) is 8.15 Å². The summed E-state index contributed by atoms with van der Waals surface area (Å²) < 4.78 is 6.60. The van der Waals surface area contributed by atoms with Crippen LogP contribution in [0.25, 0.3) is 5.76 Å². The lowest BCUT2D eigenvalue weighted by Crippen LogP contribution is -2.19. The first-order valence-corrected chi connectivity index (χ1v) is 11.7. The topological polar surface area (TPSA) is 38.3 Å². The molecule has 32 heavy (non-hydrogen) atoms. The summed E-state index contributed by atoms with van der Waals surface area (Å²) in [5.74, 6) is 0.356. The van der Waals surface area contributed by atoms with Crippen molar-refractivity contribution in [1.29, 1.82) is 0 Å². The molecule has 1 N–H and O–H groups in total. The first-order chi connectivity index (χ1) is 15.7. The summed E-state index contributed by atoms with van der Waals surface area (Å²) in [5.41, 5.74) is 1.40. The highest BCUT2D eigenvalue weighted by atomic mass is 35.5. The van der Waals surface area contributed by atoms with Gasteiger partial charge in [-0.05, 0) is 36.4 Å². The Labute approximate surface area is 194 Å². The lowest BCUT2D eigenvalue weighted by molar-refractivity contribution is 0.0969. The van der Waals surface area contributed by atoms with Gasteiger partial charge < -0.3 is 9.84 Å². The lowest BCUT2D eigenvalue weighted by atomic mass is 10.2. The second-order valence-corrected chi connectivity index (χ2v) is 9.15. The zero-order chi connectivity index (χ0) is 22.2. The molecular weight excluding hydrogens is 437 g/mol. The van der Waals surface area contributed by atoms with Crippen LogP contribution < -0.4 is 15.9 Å². The van der Waals surface area contributed by atoms with Gasteiger partial charge in [0.2, 0.25) is 0 Å². The van der Waals surface area contributed by atoms with Crippen molar-refractivity contribution in [3.8, 4) is 0 Å². The fourth-order valence-corrected chi connectivity index (χ4v) is 4.94. The zero-order valence-electron chi connectivity index (χ0n) is 17.2. The molecule has 0 fully saturated rings. The third-order valence-electron chi connectivity index (χ3n) is 4.67. The maximum atomic E-state index is 12.6. The Bertz CT molecular complexity index is 1140. The van der Waals surface area contributed by atoms with E-state index in [4.69, 9.17) is 16.1 Å². The maximum absolute atomic E-state index is 12.6. The van der Waals surface area contributed by atoms with E-state index in [1.165, 1.54) is 0 Å². The van der Waals surface area contributed by atoms with Gasteiger partial charge in [-0.1, -0.05) is 90.5 Å². The van der Waals surface area contributed by atoms with Gasteiger partial charge in [0.25, 0.3) is 5.91 Å². The van der Waals surface area contributed by atoms with Crippen LogP contribution in [0.15, 0.2) is 121 Å². The van der Waals surface area contributed by atoms with E-state index in [0.29, 0.717) is 16.3 Å². The molecule has 0 heterocycles. The van der Waals surface area contributed by atoms with Crippen LogP contribution in [0.2, 0.25) is 5.02 Å². The highest BCUT2D eigenvalue weighted by molar-refractivity contribution is 7.68. The molecule has 1 amide bonds. The molecule has 158 valence electrons. The molecule has 0 spiro atoms. The molecule has 0 aliphatic heterocycles. The Hall–Kier alpha value is -3.39. The van der Waals surface area contributed by atoms with Crippen LogP contribution in [0.3, 0.4) is 0 Å². The van der Waals surface area contributed by atoms with Gasteiger partial charge in [0, 0.05) is 33.0 Å². The Morgan fingerprint density at radius 2 is 1.19 bits per heavy atom. The quantitative estimate of drug-likeness (QED) is 0.268. The van der Waals surface area contributed by atoms with Crippen LogP contribution in [-0.2, 0) is 4.52 Å². The highest BCUT2D eigenvalue weighted by Gasteiger charge is 2.19. The summed E-state index contributed by atoms with van der Waals surface area (Å²) in [7, 11) is -1.16. The molecule has 0 unspecified atom stereocenters. The third kappa shape index (κ3) is 5.64. The number of hydrogen-bond donors (Lipinski definition) is 1. The number of carbonyl (C=O) groups excluding carboxylic acids is 1. The van der Waals surface area contributed by atoms with Crippen molar-refractivity contribution in [3.63, 3.8) is 0 Å². The fraction of sp³-hybridized carbons (Fsp3) is 0. The molecule has 0 aliphatic carbocycles. The van der Waals surface area contributed by atoms with Crippen molar-refractivity contribution >= 4 is 42.0 Å². The van der Waals surface area contributed by atoms with Gasteiger partial charge in [-0.3, -0.25) is 4.79 Å². The largest absolute Gasteiger partial charge is 0.462 e. The monoisotopic (exact) mass is 457 g/mol. The van der Waals surface area contributed by atoms with Gasteiger partial charge in [-0.2, -0.15) is 0 Å². The van der Waals surface area contributed by atoms with Gasteiger partial charge in [0.05, 0.1) is 0 Å². The molecule has 0 saturated heterocycles. The SMILES string of the molecule is O=C(NC=C(OP(c1ccccc1)c1ccccc1)c1ccc(Cl)cc1)c1ccccc1. The average molecular weight is 458 g/mol. The third-order valence-corrected chi connectivity index (χ3v) is 6.84. The predicted molar refractivity (Wildman–Crippen MR) is 133 cm³/mol. The molecule has 4 aromatic rings. The minimum Gasteiger partial charge on any atom is -0.462 e. The molecule has 3 nitrogen and oxygen atoms in total. The van der Waals surface area contributed by atoms with Crippen LogP contribution in [0.5, 0.6) is 0 Å². The molecule has 5 heteroatoms. The van der Waals surface area contributed by atoms with Gasteiger partial charge >= 0.3 is 0 Å². The van der Waals surface area contributed by atoms with Crippen molar-refractivity contribution in [2.75, 3.05) is 0 Å². The molecule has 0 aliphatic rings. The van der Waals surface area contributed by atoms with Crippen molar-refractivity contribution in [1.82, 2.24) is 5.32 Å². The molecule has 0 radical (unpaired) electrons. The number of benzene rings is 4. The van der Waals surface area contributed by atoms with E-state index in [1.807, 2.05) is 66.7 Å². The Kier molecular flexibility index (Phi) is 7.34. The summed E-state index contributed by atoms with van der Waals surface area (Å²) in [6.45, 7) is 0. The number of hydrogen-bond acceptors (Lipinski definition) is 2. The molecule has 0 atom stereocenters. The summed E-state index contributed by atoms with van der Waals surface area (Å²) >= 11 is 6.10. The molecule has 4 rings (SSSR count). The normalized spacial score (nSPS) is 11.2. The van der Waals surface area contributed by atoms with E-state index in [1.54, 1.807) is 30.5 Å². The predicted octanol–water partition coefficient (Wildman–Crippen LogP) is 6.13. The Balaban J connectivity index is 1.69. The molecule has 4 aromatic carbocycles. The van der Waals surface area contributed by atoms with Crippen LogP contribution in [-0.4, -0.2) is 5.91 Å². The van der Waals surface area contributed by atoms with Crippen LogP contribution in [0.1, 0.15) is 15.9 Å². The van der Waals surface area contributed by atoms with Gasteiger partial charge in [-0.15, -0.1) is 0 Å². The van der Waals surface area contributed by atoms with Crippen molar-refractivity contribution < 1.29 is 9.32 Å². The van der Waals surface area contributed by atoms with Crippen LogP contribution >= 0.6 is 19.7 Å². The zero-order valence-corrected chi connectivity index (χ0v) is 18.8. The lowest BCUT2D eigenvalue weighted by Gasteiger charge is -2.21. The number of halogens is 1. The number of rotatable bonds is 7. The molecule has 0 bridgehead atoms. The Morgan fingerprint density at radius 1 is 0.688 bits per heavy atom. The second kappa shape index (κ2) is 10.8. The van der Waals surface area contributed by atoms with E-state index in [9.17, 15) is 4.79 Å². The van der Waals surface area contributed by atoms with E-state index in [0.717, 1.165) is 16.2 Å². The highest BCUT2D eigenvalue weighted by Crippen LogP contribution is 2.40.